The number of β-amino-alcohol motifs (C(OH)–C–C–N with tert-alkyl or cyclic N) is 1. The summed E-state index contributed by atoms with van der Waals surface area (Å²) in [6.07, 6.45) is 0.339. The number of aromatic nitrogens is 2. The van der Waals surface area contributed by atoms with Crippen molar-refractivity contribution in [2.24, 2.45) is 5.92 Å². The van der Waals surface area contributed by atoms with Crippen LogP contribution in [0, 0.1) is 5.92 Å². The second-order valence-corrected chi connectivity index (χ2v) is 10.5. The number of aliphatic hydroxyl groups excluding tert-OH is 1. The van der Waals surface area contributed by atoms with Crippen molar-refractivity contribution in [3.8, 4) is 5.88 Å². The molecule has 0 radical (unpaired) electrons. The van der Waals surface area contributed by atoms with Crippen molar-refractivity contribution >= 4 is 46.2 Å². The number of cyclic esters (lactones) is 1. The lowest BCUT2D eigenvalue weighted by molar-refractivity contribution is -0.113. The molecule has 1 aromatic carbocycles. The third kappa shape index (κ3) is 4.75. The highest BCUT2D eigenvalue weighted by Gasteiger charge is 2.37. The number of nitrogens with one attached hydrogen (secondary N) is 3. The van der Waals surface area contributed by atoms with Crippen LogP contribution in [0.25, 0.3) is 11.0 Å². The number of benzene rings is 1. The fourth-order valence-corrected chi connectivity index (χ4v) is 6.03. The van der Waals surface area contributed by atoms with Crippen LogP contribution < -0.4 is 25.6 Å². The fraction of sp³-hybridized carbons (Fsp3) is 0.385. The average Bonchev–Trinajstić information content (AvgIpc) is 3.53. The maximum absolute atomic E-state index is 12.8. The first-order chi connectivity index (χ1) is 18.5. The number of anilines is 2. The number of rotatable bonds is 7. The predicted molar refractivity (Wildman–Crippen MR) is 143 cm³/mol. The Balaban J connectivity index is 1.22. The van der Waals surface area contributed by atoms with Crippen molar-refractivity contribution < 1.29 is 24.2 Å². The summed E-state index contributed by atoms with van der Waals surface area (Å²) in [5.74, 6) is 0.683. The van der Waals surface area contributed by atoms with Crippen molar-refractivity contribution in [1.82, 2.24) is 20.6 Å². The van der Waals surface area contributed by atoms with Gasteiger partial charge in [0.25, 0.3) is 0 Å². The Kier molecular flexibility index (Phi) is 6.78. The number of fused-ring (bicyclic) bond motifs is 2. The number of methoxy groups -OCH3 is 1. The van der Waals surface area contributed by atoms with Gasteiger partial charge >= 0.3 is 6.09 Å². The maximum atomic E-state index is 12.8. The summed E-state index contributed by atoms with van der Waals surface area (Å²) in [5, 5.41) is 20.4. The van der Waals surface area contributed by atoms with E-state index >= 15 is 0 Å². The first kappa shape index (κ1) is 24.9. The third-order valence-electron chi connectivity index (χ3n) is 7.14. The monoisotopic (exact) mass is 536 g/mol. The number of hydrogen-bond acceptors (Lipinski definition) is 10. The Morgan fingerprint density at radius 3 is 2.97 bits per heavy atom. The van der Waals surface area contributed by atoms with Gasteiger partial charge in [-0.3, -0.25) is 14.7 Å². The van der Waals surface area contributed by atoms with Gasteiger partial charge in [0.1, 0.15) is 6.10 Å². The van der Waals surface area contributed by atoms with Crippen LogP contribution in [0.2, 0.25) is 0 Å². The van der Waals surface area contributed by atoms with Crippen LogP contribution in [-0.4, -0.2) is 78.3 Å². The van der Waals surface area contributed by atoms with E-state index in [1.807, 2.05) is 30.3 Å². The van der Waals surface area contributed by atoms with E-state index in [9.17, 15) is 14.7 Å². The maximum Gasteiger partial charge on any atom is 0.414 e. The van der Waals surface area contributed by atoms with Gasteiger partial charge in [0.15, 0.2) is 0 Å². The molecule has 3 aliphatic rings. The quantitative estimate of drug-likeness (QED) is 0.354. The lowest BCUT2D eigenvalue weighted by Crippen LogP contribution is -2.39. The molecule has 2 amide bonds. The standard InChI is InChI=1S/C26H28N6O5S/c1-36-23-5-3-18-25(31-23)16(6-7-28-18)24(17-10-27-11-20(17)33)29-9-15-12-32(26(35)37-15)14-2-4-21-19(8-14)30-22(34)13-38-21/h2-8,15,17,20,24,27,29,33H,9-13H2,1H3,(H,30,34)/t15-,17?,20?,24?/m1/s1. The topological polar surface area (TPSA) is 138 Å². The molecule has 3 aliphatic heterocycles. The van der Waals surface area contributed by atoms with Gasteiger partial charge in [-0.25, -0.2) is 9.78 Å². The molecule has 2 saturated heterocycles. The Morgan fingerprint density at radius 1 is 1.26 bits per heavy atom. The third-order valence-corrected chi connectivity index (χ3v) is 8.21. The van der Waals surface area contributed by atoms with E-state index in [1.165, 1.54) is 11.8 Å². The normalized spacial score (nSPS) is 23.7. The Labute approximate surface area is 223 Å². The van der Waals surface area contributed by atoms with Gasteiger partial charge < -0.3 is 30.5 Å². The Bertz CT molecular complexity index is 1390. The molecular weight excluding hydrogens is 508 g/mol. The number of ether oxygens (including phenoxy) is 2. The smallest absolute Gasteiger partial charge is 0.414 e. The van der Waals surface area contributed by atoms with Crippen LogP contribution in [0.3, 0.4) is 0 Å². The van der Waals surface area contributed by atoms with E-state index in [4.69, 9.17) is 9.47 Å². The van der Waals surface area contributed by atoms with Crippen molar-refractivity contribution in [3.63, 3.8) is 0 Å². The molecule has 4 N–H and O–H groups in total. The molecule has 11 nitrogen and oxygen atoms in total. The summed E-state index contributed by atoms with van der Waals surface area (Å²) in [5.41, 5.74) is 3.69. The van der Waals surface area contributed by atoms with Gasteiger partial charge in [0.05, 0.1) is 42.2 Å². The van der Waals surface area contributed by atoms with Crippen LogP contribution in [0.4, 0.5) is 16.2 Å². The second-order valence-electron chi connectivity index (χ2n) is 9.53. The molecule has 198 valence electrons. The molecule has 3 aromatic rings. The number of thioether (sulfide) groups is 1. The number of amides is 2. The number of pyridine rings is 2. The van der Waals surface area contributed by atoms with Gasteiger partial charge in [-0.1, -0.05) is 0 Å². The van der Waals surface area contributed by atoms with Crippen molar-refractivity contribution in [2.75, 3.05) is 49.3 Å². The summed E-state index contributed by atoms with van der Waals surface area (Å²) in [6, 6.07) is 10.9. The molecule has 0 saturated carbocycles. The summed E-state index contributed by atoms with van der Waals surface area (Å²) < 4.78 is 11.0. The van der Waals surface area contributed by atoms with Gasteiger partial charge in [-0.2, -0.15) is 0 Å². The molecule has 3 unspecified atom stereocenters. The lowest BCUT2D eigenvalue weighted by Gasteiger charge is -2.28. The number of carbonyl (C=O) groups excluding carboxylic acids is 2. The highest BCUT2D eigenvalue weighted by molar-refractivity contribution is 8.00. The van der Waals surface area contributed by atoms with E-state index in [2.05, 4.69) is 25.9 Å². The fourth-order valence-electron chi connectivity index (χ4n) is 5.25. The molecule has 0 bridgehead atoms. The molecule has 4 atom stereocenters. The molecule has 5 heterocycles. The van der Waals surface area contributed by atoms with E-state index in [0.717, 1.165) is 16.0 Å². The molecule has 0 aliphatic carbocycles. The van der Waals surface area contributed by atoms with E-state index in [-0.39, 0.29) is 17.9 Å². The highest BCUT2D eigenvalue weighted by atomic mass is 32.2. The van der Waals surface area contributed by atoms with Crippen molar-refractivity contribution in [3.05, 3.63) is 48.2 Å². The molecular formula is C26H28N6O5S. The molecule has 12 heteroatoms. The van der Waals surface area contributed by atoms with Gasteiger partial charge in [-0.15, -0.1) is 11.8 Å². The average molecular weight is 537 g/mol. The molecule has 6 rings (SSSR count). The minimum absolute atomic E-state index is 0.0592. The lowest BCUT2D eigenvalue weighted by atomic mass is 9.89. The summed E-state index contributed by atoms with van der Waals surface area (Å²) >= 11 is 1.47. The highest BCUT2D eigenvalue weighted by Crippen LogP contribution is 2.36. The second kappa shape index (κ2) is 10.4. The zero-order valence-corrected chi connectivity index (χ0v) is 21.5. The van der Waals surface area contributed by atoms with Crippen LogP contribution in [0.1, 0.15) is 11.6 Å². The van der Waals surface area contributed by atoms with E-state index in [0.29, 0.717) is 54.7 Å². The Hall–Kier alpha value is -3.45. The summed E-state index contributed by atoms with van der Waals surface area (Å²) in [4.78, 5) is 36.2. The van der Waals surface area contributed by atoms with E-state index in [1.54, 1.807) is 24.3 Å². The van der Waals surface area contributed by atoms with Crippen LogP contribution >= 0.6 is 11.8 Å². The van der Waals surface area contributed by atoms with Crippen LogP contribution in [0.15, 0.2) is 47.5 Å². The molecule has 0 spiro atoms. The predicted octanol–water partition coefficient (Wildman–Crippen LogP) is 1.92. The zero-order chi connectivity index (χ0) is 26.2. The van der Waals surface area contributed by atoms with Gasteiger partial charge in [-0.05, 0) is 35.9 Å². The zero-order valence-electron chi connectivity index (χ0n) is 20.7. The Morgan fingerprint density at radius 2 is 2.16 bits per heavy atom. The summed E-state index contributed by atoms with van der Waals surface area (Å²) in [7, 11) is 1.57. The largest absolute Gasteiger partial charge is 0.481 e. The van der Waals surface area contributed by atoms with Crippen molar-refractivity contribution in [1.29, 1.82) is 0 Å². The van der Waals surface area contributed by atoms with Crippen molar-refractivity contribution in [2.45, 2.75) is 23.1 Å². The number of nitrogens with zero attached hydrogens (tertiary/aromatic N) is 3. The number of carbonyl (C=O) groups is 2. The van der Waals surface area contributed by atoms with Gasteiger partial charge in [0.2, 0.25) is 11.8 Å². The minimum atomic E-state index is -0.549. The molecule has 38 heavy (non-hydrogen) atoms. The van der Waals surface area contributed by atoms with Gasteiger partial charge in [0, 0.05) is 54.4 Å². The SMILES string of the molecule is COc1ccc2nccc(C(NC[C@@H]3CN(c4ccc5c(c4)NC(=O)CS5)C(=O)O3)C3CNCC3O)c2n1. The summed E-state index contributed by atoms with van der Waals surface area (Å²) in [6.45, 7) is 1.86. The molecule has 2 fully saturated rings. The van der Waals surface area contributed by atoms with Crippen LogP contribution in [0.5, 0.6) is 5.88 Å². The molecule has 2 aromatic heterocycles. The minimum Gasteiger partial charge on any atom is -0.481 e. The van der Waals surface area contributed by atoms with E-state index < -0.39 is 18.3 Å². The number of hydrogen-bond donors (Lipinski definition) is 4. The number of aliphatic hydroxyl groups is 1. The van der Waals surface area contributed by atoms with Crippen LogP contribution in [-0.2, 0) is 9.53 Å². The first-order valence-corrected chi connectivity index (χ1v) is 13.5. The first-order valence-electron chi connectivity index (χ1n) is 12.5.